The van der Waals surface area contributed by atoms with Gasteiger partial charge in [-0.15, -0.1) is 0 Å². The first-order valence-corrected chi connectivity index (χ1v) is 2.07. The van der Waals surface area contributed by atoms with Crippen molar-refractivity contribution < 1.29 is 20.1 Å². The van der Waals surface area contributed by atoms with Gasteiger partial charge in [0.05, 0.1) is 0 Å². The molecule has 0 bridgehead atoms. The van der Waals surface area contributed by atoms with Crippen molar-refractivity contribution in [3.8, 4) is 0 Å². The van der Waals surface area contributed by atoms with E-state index in [1.807, 2.05) is 0 Å². The summed E-state index contributed by atoms with van der Waals surface area (Å²) >= 11 is 0. The third kappa shape index (κ3) is 4.95. The average molecular weight is 133 g/mol. The highest BCUT2D eigenvalue weighted by atomic mass is 16.7. The van der Waals surface area contributed by atoms with Crippen molar-refractivity contribution in [1.82, 2.24) is 5.32 Å². The van der Waals surface area contributed by atoms with Crippen LogP contribution in [0.1, 0.15) is 0 Å². The quantitative estimate of drug-likeness (QED) is 0.256. The zero-order valence-corrected chi connectivity index (χ0v) is 4.53. The van der Waals surface area contributed by atoms with E-state index in [9.17, 15) is 4.79 Å². The molecule has 0 aliphatic rings. The molecular weight excluding hydrogens is 126 g/mol. The lowest BCUT2D eigenvalue weighted by Crippen LogP contribution is -2.47. The minimum atomic E-state index is -3.15. The van der Waals surface area contributed by atoms with Gasteiger partial charge < -0.3 is 15.3 Å². The maximum absolute atomic E-state index is 10.1. The van der Waals surface area contributed by atoms with E-state index in [4.69, 9.17) is 15.3 Å². The smallest absolute Gasteiger partial charge is 0.325 e. The molecule has 0 saturated carbocycles. The zero-order chi connectivity index (χ0) is 7.49. The summed E-state index contributed by atoms with van der Waals surface area (Å²) in [5.41, 5.74) is 0. The second kappa shape index (κ2) is 2.58. The molecule has 52 valence electrons. The molecule has 5 heteroatoms. The Morgan fingerprint density at radius 2 is 2.00 bits per heavy atom. The van der Waals surface area contributed by atoms with E-state index >= 15 is 0 Å². The lowest BCUT2D eigenvalue weighted by Gasteiger charge is -2.12. The molecule has 5 nitrogen and oxygen atoms in total. The van der Waals surface area contributed by atoms with Crippen LogP contribution in [0.3, 0.4) is 0 Å². The maximum Gasteiger partial charge on any atom is 0.369 e. The molecular formula is C4H7NO4. The van der Waals surface area contributed by atoms with Crippen molar-refractivity contribution >= 4 is 5.91 Å². The van der Waals surface area contributed by atoms with E-state index in [1.165, 1.54) is 5.32 Å². The molecule has 0 atom stereocenters. The topological polar surface area (TPSA) is 89.8 Å². The van der Waals surface area contributed by atoms with Crippen molar-refractivity contribution in [3.63, 3.8) is 0 Å². The van der Waals surface area contributed by atoms with Gasteiger partial charge in [-0.3, -0.25) is 10.1 Å². The SMILES string of the molecule is C=CC(=O)NC(O)(O)O. The van der Waals surface area contributed by atoms with Crippen molar-refractivity contribution in [2.24, 2.45) is 0 Å². The zero-order valence-electron chi connectivity index (χ0n) is 4.53. The van der Waals surface area contributed by atoms with Crippen LogP contribution in [0.2, 0.25) is 0 Å². The van der Waals surface area contributed by atoms with Crippen LogP contribution >= 0.6 is 0 Å². The average Bonchev–Trinajstić information content (AvgIpc) is 1.62. The van der Waals surface area contributed by atoms with E-state index in [0.29, 0.717) is 0 Å². The fourth-order valence-electron chi connectivity index (χ4n) is 0.216. The second-order valence-corrected chi connectivity index (χ2v) is 1.33. The highest BCUT2D eigenvalue weighted by molar-refractivity contribution is 5.86. The van der Waals surface area contributed by atoms with E-state index in [0.717, 1.165) is 6.08 Å². The van der Waals surface area contributed by atoms with E-state index < -0.39 is 12.0 Å². The van der Waals surface area contributed by atoms with Gasteiger partial charge >= 0.3 is 6.10 Å². The van der Waals surface area contributed by atoms with Crippen molar-refractivity contribution in [1.29, 1.82) is 0 Å². The van der Waals surface area contributed by atoms with Gasteiger partial charge in [-0.2, -0.15) is 0 Å². The van der Waals surface area contributed by atoms with Crippen LogP contribution < -0.4 is 5.32 Å². The third-order valence-corrected chi connectivity index (χ3v) is 0.476. The van der Waals surface area contributed by atoms with Gasteiger partial charge in [0.25, 0.3) is 0 Å². The molecule has 4 N–H and O–H groups in total. The first-order valence-electron chi connectivity index (χ1n) is 2.07. The molecule has 0 rings (SSSR count). The number of aliphatic hydroxyl groups is 3. The number of hydrogen-bond acceptors (Lipinski definition) is 4. The highest BCUT2D eigenvalue weighted by Gasteiger charge is 2.18. The van der Waals surface area contributed by atoms with Crippen LogP contribution in [0.15, 0.2) is 12.7 Å². The molecule has 1 amide bonds. The van der Waals surface area contributed by atoms with Crippen LogP contribution in [0.5, 0.6) is 0 Å². The molecule has 0 heterocycles. The molecule has 0 unspecified atom stereocenters. The van der Waals surface area contributed by atoms with E-state index in [1.54, 1.807) is 0 Å². The number of nitrogens with one attached hydrogen (secondary N) is 1. The monoisotopic (exact) mass is 133 g/mol. The largest absolute Gasteiger partial charge is 0.369 e. The first kappa shape index (κ1) is 8.09. The predicted octanol–water partition coefficient (Wildman–Crippen LogP) is -2.12. The first-order chi connectivity index (χ1) is 3.95. The van der Waals surface area contributed by atoms with Crippen LogP contribution in [0, 0.1) is 0 Å². The summed E-state index contributed by atoms with van der Waals surface area (Å²) < 4.78 is 0. The Morgan fingerprint density at radius 1 is 1.56 bits per heavy atom. The maximum atomic E-state index is 10.1. The molecule has 9 heavy (non-hydrogen) atoms. The number of amides is 1. The molecule has 0 aromatic carbocycles. The molecule has 0 aliphatic carbocycles. The summed E-state index contributed by atoms with van der Waals surface area (Å²) in [6.45, 7) is 3.00. The standard InChI is InChI=1S/C4H7NO4/c1-2-3(6)5-4(7,8)9/h2,7-9H,1H2,(H,5,6). The Bertz CT molecular complexity index is 125. The van der Waals surface area contributed by atoms with E-state index in [2.05, 4.69) is 6.58 Å². The minimum absolute atomic E-state index is 0.789. The molecule has 0 spiro atoms. The van der Waals surface area contributed by atoms with Gasteiger partial charge in [-0.25, -0.2) is 0 Å². The fraction of sp³-hybridized carbons (Fsp3) is 0.250. The lowest BCUT2D eigenvalue weighted by atomic mass is 10.6. The summed E-state index contributed by atoms with van der Waals surface area (Å²) in [5.74, 6) is -0.873. The van der Waals surface area contributed by atoms with Crippen LogP contribution in [0.25, 0.3) is 0 Å². The Labute approximate surface area is 51.2 Å². The summed E-state index contributed by atoms with van der Waals surface area (Å²) in [4.78, 5) is 10.1. The number of carbonyl (C=O) groups is 1. The number of rotatable bonds is 2. The molecule has 0 aromatic heterocycles. The summed E-state index contributed by atoms with van der Waals surface area (Å²) in [7, 11) is 0. The van der Waals surface area contributed by atoms with E-state index in [-0.39, 0.29) is 0 Å². The summed E-state index contributed by atoms with van der Waals surface area (Å²) in [6, 6.07) is 0. The van der Waals surface area contributed by atoms with Gasteiger partial charge in [0.2, 0.25) is 5.91 Å². The van der Waals surface area contributed by atoms with Crippen molar-refractivity contribution in [2.75, 3.05) is 0 Å². The molecule has 0 fully saturated rings. The summed E-state index contributed by atoms with van der Waals surface area (Å²) in [5, 5.41) is 25.5. The van der Waals surface area contributed by atoms with Crippen LogP contribution in [-0.2, 0) is 4.79 Å². The van der Waals surface area contributed by atoms with Gasteiger partial charge in [-0.1, -0.05) is 6.58 Å². The normalized spacial score (nSPS) is 10.6. The Morgan fingerprint density at radius 3 is 2.11 bits per heavy atom. The summed E-state index contributed by atoms with van der Waals surface area (Å²) in [6.07, 6.45) is -2.36. The Hall–Kier alpha value is -0.910. The van der Waals surface area contributed by atoms with Gasteiger partial charge in [0.15, 0.2) is 0 Å². The molecule has 0 saturated heterocycles. The molecule has 0 radical (unpaired) electrons. The second-order valence-electron chi connectivity index (χ2n) is 1.33. The number of hydrogen-bond donors (Lipinski definition) is 4. The fourth-order valence-corrected chi connectivity index (χ4v) is 0.216. The van der Waals surface area contributed by atoms with Gasteiger partial charge in [-0.05, 0) is 6.08 Å². The Balaban J connectivity index is 3.74. The van der Waals surface area contributed by atoms with Crippen molar-refractivity contribution in [2.45, 2.75) is 6.10 Å². The van der Waals surface area contributed by atoms with Gasteiger partial charge in [0.1, 0.15) is 0 Å². The molecule has 0 aromatic rings. The van der Waals surface area contributed by atoms with Crippen LogP contribution in [-0.4, -0.2) is 27.3 Å². The minimum Gasteiger partial charge on any atom is -0.325 e. The lowest BCUT2D eigenvalue weighted by molar-refractivity contribution is -0.325. The van der Waals surface area contributed by atoms with Gasteiger partial charge in [0, 0.05) is 0 Å². The third-order valence-electron chi connectivity index (χ3n) is 0.476. The van der Waals surface area contributed by atoms with Crippen LogP contribution in [0.4, 0.5) is 0 Å². The predicted molar refractivity (Wildman–Crippen MR) is 27.7 cm³/mol. The molecule has 0 aliphatic heterocycles. The highest BCUT2D eigenvalue weighted by Crippen LogP contribution is 1.83. The number of carbonyl (C=O) groups excluding carboxylic acids is 1. The Kier molecular flexibility index (Phi) is 2.32. The van der Waals surface area contributed by atoms with Crippen molar-refractivity contribution in [3.05, 3.63) is 12.7 Å².